The molecule has 0 aliphatic carbocycles. The average molecular weight is 268 g/mol. The predicted molar refractivity (Wildman–Crippen MR) is 83.8 cm³/mol. The third-order valence-electron chi connectivity index (χ3n) is 3.71. The Labute approximate surface area is 121 Å². The third kappa shape index (κ3) is 3.40. The van der Waals surface area contributed by atoms with Gasteiger partial charge in [-0.05, 0) is 49.6 Å². The Morgan fingerprint density at radius 2 is 1.70 bits per heavy atom. The molecule has 20 heavy (non-hydrogen) atoms. The molecular weight excluding hydrogens is 246 g/mol. The third-order valence-corrected chi connectivity index (χ3v) is 3.71. The van der Waals surface area contributed by atoms with Gasteiger partial charge >= 0.3 is 0 Å². The van der Waals surface area contributed by atoms with Crippen LogP contribution in [0, 0.1) is 6.92 Å². The van der Waals surface area contributed by atoms with E-state index in [1.807, 2.05) is 18.2 Å². The van der Waals surface area contributed by atoms with E-state index in [0.29, 0.717) is 6.54 Å². The van der Waals surface area contributed by atoms with Crippen molar-refractivity contribution in [2.24, 2.45) is 5.73 Å². The van der Waals surface area contributed by atoms with Crippen molar-refractivity contribution in [3.8, 4) is 5.75 Å². The van der Waals surface area contributed by atoms with Gasteiger partial charge < -0.3 is 10.5 Å². The van der Waals surface area contributed by atoms with Crippen molar-refractivity contribution < 1.29 is 4.74 Å². The number of nitrogens with two attached hydrogens (primary N) is 1. The number of hydrogen-bond acceptors (Lipinski definition) is 2. The standard InChI is InChI=1S/C18H22NO/c1-18(12-13-19,16-6-4-3-5-7-16)14-15-8-10-17(20-2)11-9-15/h3-11H,1,12-14,19H2,2H3. The zero-order valence-electron chi connectivity index (χ0n) is 12.0. The van der Waals surface area contributed by atoms with Gasteiger partial charge in [0, 0.05) is 5.41 Å². The Morgan fingerprint density at radius 3 is 2.25 bits per heavy atom. The number of hydrogen-bond donors (Lipinski definition) is 1. The highest BCUT2D eigenvalue weighted by Gasteiger charge is 2.26. The van der Waals surface area contributed by atoms with Gasteiger partial charge in [-0.3, -0.25) is 0 Å². The minimum Gasteiger partial charge on any atom is -0.497 e. The van der Waals surface area contributed by atoms with Crippen molar-refractivity contribution >= 4 is 0 Å². The fourth-order valence-corrected chi connectivity index (χ4v) is 2.54. The Kier molecular flexibility index (Phi) is 4.80. The largest absolute Gasteiger partial charge is 0.497 e. The first kappa shape index (κ1) is 14.6. The minimum absolute atomic E-state index is 0.176. The van der Waals surface area contributed by atoms with Crippen molar-refractivity contribution in [2.45, 2.75) is 18.3 Å². The van der Waals surface area contributed by atoms with Gasteiger partial charge in [-0.2, -0.15) is 0 Å². The molecule has 2 N–H and O–H groups in total. The van der Waals surface area contributed by atoms with Gasteiger partial charge in [-0.15, -0.1) is 0 Å². The van der Waals surface area contributed by atoms with Crippen LogP contribution in [0.1, 0.15) is 17.5 Å². The minimum atomic E-state index is -0.176. The molecule has 0 amide bonds. The van der Waals surface area contributed by atoms with E-state index in [4.69, 9.17) is 10.5 Å². The summed E-state index contributed by atoms with van der Waals surface area (Å²) in [6.45, 7) is 5.09. The summed E-state index contributed by atoms with van der Waals surface area (Å²) in [7, 11) is 1.68. The first-order valence-electron chi connectivity index (χ1n) is 6.92. The normalized spacial score (nSPS) is 13.8. The Bertz CT molecular complexity index is 521. The fraction of sp³-hybridized carbons (Fsp3) is 0.278. The van der Waals surface area contributed by atoms with Crippen LogP contribution >= 0.6 is 0 Å². The van der Waals surface area contributed by atoms with Gasteiger partial charge in [-0.25, -0.2) is 0 Å². The van der Waals surface area contributed by atoms with Crippen LogP contribution < -0.4 is 10.5 Å². The van der Waals surface area contributed by atoms with Gasteiger partial charge in [-0.1, -0.05) is 42.5 Å². The number of rotatable bonds is 6. The summed E-state index contributed by atoms with van der Waals surface area (Å²) in [5, 5.41) is 0. The van der Waals surface area contributed by atoms with Crippen molar-refractivity contribution in [1.82, 2.24) is 0 Å². The smallest absolute Gasteiger partial charge is 0.118 e. The van der Waals surface area contributed by atoms with E-state index in [1.54, 1.807) is 7.11 Å². The summed E-state index contributed by atoms with van der Waals surface area (Å²) >= 11 is 0. The molecule has 0 spiro atoms. The topological polar surface area (TPSA) is 35.2 Å². The van der Waals surface area contributed by atoms with E-state index in [2.05, 4.69) is 43.3 Å². The Balaban J connectivity index is 2.24. The van der Waals surface area contributed by atoms with E-state index in [-0.39, 0.29) is 5.41 Å². The lowest BCUT2D eigenvalue weighted by molar-refractivity contribution is 0.414. The van der Waals surface area contributed by atoms with Gasteiger partial charge in [0.05, 0.1) is 7.11 Å². The second-order valence-corrected chi connectivity index (χ2v) is 5.21. The molecule has 0 heterocycles. The monoisotopic (exact) mass is 268 g/mol. The van der Waals surface area contributed by atoms with Crippen LogP contribution in [0.3, 0.4) is 0 Å². The number of ether oxygens (including phenoxy) is 1. The van der Waals surface area contributed by atoms with Crippen molar-refractivity contribution in [3.05, 3.63) is 72.6 Å². The van der Waals surface area contributed by atoms with Crippen LogP contribution in [0.5, 0.6) is 5.75 Å². The van der Waals surface area contributed by atoms with Gasteiger partial charge in [0.15, 0.2) is 0 Å². The SMILES string of the molecule is [CH2]C(CCN)(Cc1ccc(OC)cc1)c1ccccc1. The van der Waals surface area contributed by atoms with Crippen LogP contribution in [0.4, 0.5) is 0 Å². The molecule has 2 nitrogen and oxygen atoms in total. The maximum atomic E-state index is 5.79. The molecule has 0 aliphatic rings. The predicted octanol–water partition coefficient (Wildman–Crippen LogP) is 3.36. The summed E-state index contributed by atoms with van der Waals surface area (Å²) < 4.78 is 5.20. The maximum Gasteiger partial charge on any atom is 0.118 e. The Hall–Kier alpha value is -1.80. The highest BCUT2D eigenvalue weighted by Crippen LogP contribution is 2.31. The molecule has 105 valence electrons. The molecule has 0 saturated carbocycles. The van der Waals surface area contributed by atoms with Gasteiger partial charge in [0.25, 0.3) is 0 Å². The molecule has 0 saturated heterocycles. The van der Waals surface area contributed by atoms with Crippen molar-refractivity contribution in [1.29, 1.82) is 0 Å². The van der Waals surface area contributed by atoms with Gasteiger partial charge in [0.2, 0.25) is 0 Å². The second kappa shape index (κ2) is 6.58. The van der Waals surface area contributed by atoms with Crippen LogP contribution in [-0.4, -0.2) is 13.7 Å². The molecule has 2 rings (SSSR count). The lowest BCUT2D eigenvalue weighted by atomic mass is 9.75. The fourth-order valence-electron chi connectivity index (χ4n) is 2.54. The molecule has 1 atom stereocenters. The lowest BCUT2D eigenvalue weighted by Crippen LogP contribution is -2.28. The zero-order chi connectivity index (χ0) is 14.4. The van der Waals surface area contributed by atoms with Crippen LogP contribution in [0.2, 0.25) is 0 Å². The zero-order valence-corrected chi connectivity index (χ0v) is 12.0. The number of methoxy groups -OCH3 is 1. The molecular formula is C18H22NO. The van der Waals surface area contributed by atoms with E-state index in [1.165, 1.54) is 11.1 Å². The first-order chi connectivity index (χ1) is 9.68. The second-order valence-electron chi connectivity index (χ2n) is 5.21. The van der Waals surface area contributed by atoms with E-state index >= 15 is 0 Å². The molecule has 2 aromatic rings. The quantitative estimate of drug-likeness (QED) is 0.872. The molecule has 1 unspecified atom stereocenters. The highest BCUT2D eigenvalue weighted by atomic mass is 16.5. The summed E-state index contributed by atoms with van der Waals surface area (Å²) in [4.78, 5) is 0. The summed E-state index contributed by atoms with van der Waals surface area (Å²) in [5.74, 6) is 0.877. The van der Waals surface area contributed by atoms with Crippen molar-refractivity contribution in [2.75, 3.05) is 13.7 Å². The molecule has 1 radical (unpaired) electrons. The van der Waals surface area contributed by atoms with Crippen molar-refractivity contribution in [3.63, 3.8) is 0 Å². The van der Waals surface area contributed by atoms with E-state index in [9.17, 15) is 0 Å². The summed E-state index contributed by atoms with van der Waals surface area (Å²) in [6, 6.07) is 18.6. The molecule has 0 bridgehead atoms. The van der Waals surface area contributed by atoms with Crippen LogP contribution in [-0.2, 0) is 11.8 Å². The van der Waals surface area contributed by atoms with E-state index in [0.717, 1.165) is 18.6 Å². The molecule has 0 aliphatic heterocycles. The lowest BCUT2D eigenvalue weighted by Gasteiger charge is -2.30. The van der Waals surface area contributed by atoms with Crippen LogP contribution in [0.15, 0.2) is 54.6 Å². The summed E-state index contributed by atoms with van der Waals surface area (Å²) in [5.41, 5.74) is 8.10. The molecule has 0 fully saturated rings. The van der Waals surface area contributed by atoms with Gasteiger partial charge in [0.1, 0.15) is 5.75 Å². The molecule has 2 heteroatoms. The molecule has 0 aromatic heterocycles. The highest BCUT2D eigenvalue weighted by molar-refractivity contribution is 5.33. The maximum absolute atomic E-state index is 5.79. The molecule has 2 aromatic carbocycles. The first-order valence-corrected chi connectivity index (χ1v) is 6.92. The van der Waals surface area contributed by atoms with E-state index < -0.39 is 0 Å². The Morgan fingerprint density at radius 1 is 1.05 bits per heavy atom. The van der Waals surface area contributed by atoms with Crippen LogP contribution in [0.25, 0.3) is 0 Å². The number of benzene rings is 2. The summed E-state index contributed by atoms with van der Waals surface area (Å²) in [6.07, 6.45) is 1.74. The average Bonchev–Trinajstić information content (AvgIpc) is 2.49.